The number of hydrogen-bond donors (Lipinski definition) is 4. The number of benzene rings is 1. The Hall–Kier alpha value is -5.47. The van der Waals surface area contributed by atoms with Gasteiger partial charge in [-0.1, -0.05) is 6.07 Å². The van der Waals surface area contributed by atoms with E-state index in [0.29, 0.717) is 95.6 Å². The van der Waals surface area contributed by atoms with E-state index in [-0.39, 0.29) is 95.5 Å². The molecule has 8 rings (SSSR count). The Morgan fingerprint density at radius 1 is 0.890 bits per heavy atom. The summed E-state index contributed by atoms with van der Waals surface area (Å²) >= 11 is 0. The third-order valence-electron chi connectivity index (χ3n) is 16.1. The number of aromatic nitrogens is 3. The van der Waals surface area contributed by atoms with E-state index >= 15 is 0 Å². The smallest absolute Gasteiger partial charge is 0.378 e. The maximum atomic E-state index is 14.1. The highest BCUT2D eigenvalue weighted by Crippen LogP contribution is 2.38. The van der Waals surface area contributed by atoms with Gasteiger partial charge >= 0.3 is 6.18 Å². The quantitative estimate of drug-likeness (QED) is 0.103. The number of alkyl halides is 3. The van der Waals surface area contributed by atoms with Crippen LogP contribution in [0.25, 0.3) is 10.9 Å². The van der Waals surface area contributed by atoms with Gasteiger partial charge in [-0.05, 0) is 134 Å². The van der Waals surface area contributed by atoms with Crippen LogP contribution in [0.4, 0.5) is 19.0 Å². The molecule has 3 aliphatic carbocycles. The van der Waals surface area contributed by atoms with Crippen molar-refractivity contribution in [2.45, 2.75) is 171 Å². The predicted molar refractivity (Wildman–Crippen MR) is 266 cm³/mol. The molecule has 0 bridgehead atoms. The molecule has 3 saturated carbocycles. The molecule has 5 amide bonds. The number of amides is 5. The number of likely N-dealkylation sites (tertiary alicyclic amines) is 2. The molecular formula is C53H73F3N10O7. The Morgan fingerprint density at radius 2 is 1.63 bits per heavy atom. The first-order chi connectivity index (χ1) is 35.0. The second-order valence-corrected chi connectivity index (χ2v) is 21.1. The Bertz CT molecular complexity index is 2380. The Balaban J connectivity index is 0.724. The topological polar surface area (TPSA) is 200 Å². The molecule has 4 N–H and O–H groups in total. The van der Waals surface area contributed by atoms with Gasteiger partial charge in [-0.15, -0.1) is 0 Å². The largest absolute Gasteiger partial charge is 0.416 e. The Kier molecular flexibility index (Phi) is 17.9. The zero-order valence-electron chi connectivity index (χ0n) is 42.6. The number of nitrogens with one attached hydrogen (secondary N) is 4. The van der Waals surface area contributed by atoms with Crippen molar-refractivity contribution in [2.24, 2.45) is 11.8 Å². The van der Waals surface area contributed by atoms with Crippen LogP contribution in [0.3, 0.4) is 0 Å². The van der Waals surface area contributed by atoms with Gasteiger partial charge in [-0.25, -0.2) is 9.97 Å². The average Bonchev–Trinajstić information content (AvgIpc) is 3.90. The van der Waals surface area contributed by atoms with Gasteiger partial charge in [0, 0.05) is 81.4 Å². The number of carbonyl (C=O) groups excluding carboxylic acids is 5. The van der Waals surface area contributed by atoms with Crippen LogP contribution in [0.5, 0.6) is 0 Å². The third kappa shape index (κ3) is 13.4. The first-order valence-corrected chi connectivity index (χ1v) is 26.4. The summed E-state index contributed by atoms with van der Waals surface area (Å²) in [6, 6.07) is 5.91. The summed E-state index contributed by atoms with van der Waals surface area (Å²) in [5.74, 6) is -0.981. The number of nitrogens with zero attached hydrogens (tertiary/aromatic N) is 6. The Labute approximate surface area is 425 Å². The molecule has 6 atom stereocenters. The van der Waals surface area contributed by atoms with E-state index in [4.69, 9.17) is 9.47 Å². The first-order valence-electron chi connectivity index (χ1n) is 26.4. The van der Waals surface area contributed by atoms with Gasteiger partial charge in [0.1, 0.15) is 18.2 Å². The van der Waals surface area contributed by atoms with Crippen LogP contribution in [-0.4, -0.2) is 148 Å². The molecule has 2 aliphatic heterocycles. The van der Waals surface area contributed by atoms with E-state index < -0.39 is 23.7 Å². The van der Waals surface area contributed by atoms with Crippen LogP contribution < -0.4 is 21.3 Å². The number of carbonyl (C=O) groups is 5. The van der Waals surface area contributed by atoms with Gasteiger partial charge < -0.3 is 45.4 Å². The molecule has 0 unspecified atom stereocenters. The lowest BCUT2D eigenvalue weighted by Crippen LogP contribution is -2.59. The van der Waals surface area contributed by atoms with Crippen LogP contribution >= 0.6 is 0 Å². The molecule has 73 heavy (non-hydrogen) atoms. The number of rotatable bonds is 19. The van der Waals surface area contributed by atoms with Crippen molar-refractivity contribution in [3.05, 3.63) is 60.2 Å². The fourth-order valence-electron chi connectivity index (χ4n) is 11.7. The molecule has 20 heteroatoms. The molecule has 2 aromatic heterocycles. The number of ether oxygens (including phenoxy) is 2. The number of anilines is 1. The summed E-state index contributed by atoms with van der Waals surface area (Å²) in [4.78, 5) is 85.0. The fourth-order valence-corrected chi connectivity index (χ4v) is 11.7. The van der Waals surface area contributed by atoms with E-state index in [2.05, 4.69) is 62.0 Å². The molecule has 3 aromatic rings. The fraction of sp³-hybridized carbons (Fsp3) is 0.660. The zero-order valence-corrected chi connectivity index (χ0v) is 42.6. The molecule has 5 fully saturated rings. The SMILES string of the molecule is CC(C)N(C)[C@@H]1CC[C@H](N2CC[C@H](Nc3ncnc4ccc(C(F)(F)F)cc34)C2=O)[C@H](NC(=O)[C@H]2CC[C@H](NC(=O)CCCO[C@H]3CC[C@H](OCCNC(=O)[C@H]4CC(=O)N(C)[C@@H]4c4cccnc4)CC3)CC2)C1. The standard InChI is InChI=1S/C53H73F3N10O7/c1-32(2)64(3)37-14-20-45(66-24-21-43(52(66)71)62-49-40-27-35(53(54,55)56)11-19-42(40)59-31-60-49)44(28-37)63-50(69)33-9-12-36(13-10-33)61-46(67)8-6-25-72-38-15-17-39(18-16-38)73-26-23-58-51(70)41-29-47(68)65(4)48(41)34-7-5-22-57-30-34/h5,7,11,19,22,27,30-33,36-39,41,43-45,48H,6,8-10,12-18,20-21,23-26,28-29H2,1-4H3,(H,58,70)(H,61,67)(H,63,69)(H,59,60,62)/t33-,36-,37-,38-,39-,41+,43+,44-,45+,48-/m1/s1. The van der Waals surface area contributed by atoms with Crippen molar-refractivity contribution in [3.8, 4) is 0 Å². The number of hydrogen-bond acceptors (Lipinski definition) is 12. The summed E-state index contributed by atoms with van der Waals surface area (Å²) in [5, 5.41) is 12.8. The summed E-state index contributed by atoms with van der Waals surface area (Å²) in [6.45, 7) is 5.96. The van der Waals surface area contributed by atoms with Crippen molar-refractivity contribution in [2.75, 3.05) is 45.7 Å². The lowest BCUT2D eigenvalue weighted by molar-refractivity contribution is -0.137. The van der Waals surface area contributed by atoms with Crippen molar-refractivity contribution >= 4 is 46.3 Å². The molecular weight excluding hydrogens is 946 g/mol. The van der Waals surface area contributed by atoms with Crippen LogP contribution in [0, 0.1) is 11.8 Å². The molecule has 398 valence electrons. The average molecular weight is 1020 g/mol. The van der Waals surface area contributed by atoms with Crippen LogP contribution in [0.1, 0.15) is 127 Å². The van der Waals surface area contributed by atoms with E-state index in [1.165, 1.54) is 12.4 Å². The van der Waals surface area contributed by atoms with Crippen molar-refractivity contribution in [1.29, 1.82) is 0 Å². The molecule has 2 saturated heterocycles. The van der Waals surface area contributed by atoms with Gasteiger partial charge in [0.25, 0.3) is 0 Å². The predicted octanol–water partition coefficient (Wildman–Crippen LogP) is 5.94. The summed E-state index contributed by atoms with van der Waals surface area (Å²) in [6.07, 6.45) is 10.2. The van der Waals surface area contributed by atoms with Crippen molar-refractivity contribution in [3.63, 3.8) is 0 Å². The highest BCUT2D eigenvalue weighted by atomic mass is 19.4. The molecule has 5 aliphatic rings. The maximum absolute atomic E-state index is 14.1. The van der Waals surface area contributed by atoms with Crippen LogP contribution in [0.2, 0.25) is 0 Å². The summed E-state index contributed by atoms with van der Waals surface area (Å²) in [7, 11) is 3.81. The molecule has 0 radical (unpaired) electrons. The number of halogens is 3. The van der Waals surface area contributed by atoms with Crippen LogP contribution in [-0.2, 0) is 39.6 Å². The highest BCUT2D eigenvalue weighted by Gasteiger charge is 2.45. The van der Waals surface area contributed by atoms with Crippen molar-refractivity contribution < 1.29 is 46.6 Å². The first kappa shape index (κ1) is 53.8. The minimum atomic E-state index is -4.55. The van der Waals surface area contributed by atoms with E-state index in [9.17, 15) is 37.1 Å². The third-order valence-corrected chi connectivity index (χ3v) is 16.1. The maximum Gasteiger partial charge on any atom is 0.416 e. The van der Waals surface area contributed by atoms with E-state index in [1.54, 1.807) is 30.4 Å². The summed E-state index contributed by atoms with van der Waals surface area (Å²) in [5.41, 5.74) is 0.355. The monoisotopic (exact) mass is 1020 g/mol. The molecule has 4 heterocycles. The number of fused-ring (bicyclic) bond motifs is 1. The van der Waals surface area contributed by atoms with Crippen LogP contribution in [0.15, 0.2) is 49.1 Å². The van der Waals surface area contributed by atoms with Gasteiger partial charge in [-0.3, -0.25) is 29.0 Å². The van der Waals surface area contributed by atoms with Gasteiger partial charge in [0.05, 0.1) is 53.9 Å². The molecule has 1 aromatic carbocycles. The lowest BCUT2D eigenvalue weighted by atomic mass is 9.82. The second kappa shape index (κ2) is 24.3. The minimum absolute atomic E-state index is 0.0105. The van der Waals surface area contributed by atoms with Gasteiger partial charge in [-0.2, -0.15) is 13.2 Å². The van der Waals surface area contributed by atoms with E-state index in [0.717, 1.165) is 49.8 Å². The molecule has 17 nitrogen and oxygen atoms in total. The zero-order chi connectivity index (χ0) is 51.8. The summed E-state index contributed by atoms with van der Waals surface area (Å²) < 4.78 is 53.1. The van der Waals surface area contributed by atoms with E-state index in [1.807, 2.05) is 11.0 Å². The normalized spacial score (nSPS) is 28.0. The lowest BCUT2D eigenvalue weighted by Gasteiger charge is -2.45. The second-order valence-electron chi connectivity index (χ2n) is 21.1. The highest BCUT2D eigenvalue weighted by molar-refractivity contribution is 5.93. The molecule has 0 spiro atoms. The van der Waals surface area contributed by atoms with Crippen molar-refractivity contribution in [1.82, 2.24) is 45.6 Å². The van der Waals surface area contributed by atoms with Gasteiger partial charge in [0.2, 0.25) is 29.5 Å². The van der Waals surface area contributed by atoms with Gasteiger partial charge in [0.15, 0.2) is 0 Å². The Morgan fingerprint density at radius 3 is 2.33 bits per heavy atom. The minimum Gasteiger partial charge on any atom is -0.378 e. The number of pyridine rings is 1.